The normalized spacial score (nSPS) is 9.50. The van der Waals surface area contributed by atoms with Crippen LogP contribution in [0.1, 0.15) is 11.4 Å². The van der Waals surface area contributed by atoms with Gasteiger partial charge in [0.1, 0.15) is 6.33 Å². The zero-order valence-corrected chi connectivity index (χ0v) is 7.52. The number of nitrogens with zero attached hydrogens (tertiary/aromatic N) is 2. The van der Waals surface area contributed by atoms with Crippen molar-refractivity contribution >= 4 is 11.9 Å². The number of aliphatic carboxylic acids is 1. The van der Waals surface area contributed by atoms with Gasteiger partial charge in [-0.3, -0.25) is 4.79 Å². The molecule has 6 nitrogen and oxygen atoms in total. The van der Waals surface area contributed by atoms with Gasteiger partial charge in [-0.25, -0.2) is 14.8 Å². The minimum absolute atomic E-state index is 0.0918. The standard InChI is InChI=1S/C8H9N3O3/c1-5-2-6(11-4-10-5)3-9-7(12)8(13)14/h2,4H,3H2,1H3,(H,9,12)(H,13,14). The molecular formula is C8H9N3O3. The van der Waals surface area contributed by atoms with E-state index in [1.165, 1.54) is 6.33 Å². The molecule has 0 fully saturated rings. The van der Waals surface area contributed by atoms with Gasteiger partial charge in [-0.15, -0.1) is 0 Å². The lowest BCUT2D eigenvalue weighted by molar-refractivity contribution is -0.150. The average Bonchev–Trinajstić information content (AvgIpc) is 2.14. The molecular weight excluding hydrogens is 186 g/mol. The van der Waals surface area contributed by atoms with Crippen molar-refractivity contribution in [3.63, 3.8) is 0 Å². The Morgan fingerprint density at radius 3 is 2.79 bits per heavy atom. The Balaban J connectivity index is 2.54. The molecule has 0 saturated carbocycles. The Morgan fingerprint density at radius 2 is 2.21 bits per heavy atom. The molecule has 0 atom stereocenters. The van der Waals surface area contributed by atoms with Crippen LogP contribution in [0.2, 0.25) is 0 Å². The van der Waals surface area contributed by atoms with Gasteiger partial charge in [0.25, 0.3) is 0 Å². The second-order valence-corrected chi connectivity index (χ2v) is 2.64. The third kappa shape index (κ3) is 2.81. The molecule has 1 heterocycles. The lowest BCUT2D eigenvalue weighted by Crippen LogP contribution is -2.30. The summed E-state index contributed by atoms with van der Waals surface area (Å²) < 4.78 is 0. The van der Waals surface area contributed by atoms with Gasteiger partial charge in [-0.1, -0.05) is 0 Å². The summed E-state index contributed by atoms with van der Waals surface area (Å²) in [6, 6.07) is 1.67. The van der Waals surface area contributed by atoms with Crippen molar-refractivity contribution in [1.29, 1.82) is 0 Å². The van der Waals surface area contributed by atoms with E-state index < -0.39 is 11.9 Å². The fraction of sp³-hybridized carbons (Fsp3) is 0.250. The van der Waals surface area contributed by atoms with Gasteiger partial charge < -0.3 is 10.4 Å². The van der Waals surface area contributed by atoms with Gasteiger partial charge in [0.2, 0.25) is 0 Å². The monoisotopic (exact) mass is 195 g/mol. The summed E-state index contributed by atoms with van der Waals surface area (Å²) in [5.41, 5.74) is 1.34. The van der Waals surface area contributed by atoms with Crippen molar-refractivity contribution in [2.75, 3.05) is 0 Å². The summed E-state index contributed by atoms with van der Waals surface area (Å²) in [4.78, 5) is 28.5. The SMILES string of the molecule is Cc1cc(CNC(=O)C(=O)O)ncn1. The van der Waals surface area contributed by atoms with Crippen LogP contribution in [-0.4, -0.2) is 27.0 Å². The molecule has 0 bridgehead atoms. The van der Waals surface area contributed by atoms with Crippen molar-refractivity contribution in [3.8, 4) is 0 Å². The van der Waals surface area contributed by atoms with Crippen LogP contribution in [0.5, 0.6) is 0 Å². The fourth-order valence-electron chi connectivity index (χ4n) is 0.853. The predicted octanol–water partition coefficient (Wildman–Crippen LogP) is -0.514. The minimum Gasteiger partial charge on any atom is -0.474 e. The number of hydrogen-bond donors (Lipinski definition) is 2. The first-order valence-corrected chi connectivity index (χ1v) is 3.88. The third-order valence-corrected chi connectivity index (χ3v) is 1.48. The number of aryl methyl sites for hydroxylation is 1. The molecule has 74 valence electrons. The summed E-state index contributed by atoms with van der Waals surface area (Å²) >= 11 is 0. The van der Waals surface area contributed by atoms with Crippen LogP contribution in [0.25, 0.3) is 0 Å². The first-order valence-electron chi connectivity index (χ1n) is 3.88. The molecule has 0 unspecified atom stereocenters. The number of rotatable bonds is 2. The van der Waals surface area contributed by atoms with Gasteiger partial charge in [0.15, 0.2) is 0 Å². The van der Waals surface area contributed by atoms with Gasteiger partial charge >= 0.3 is 11.9 Å². The van der Waals surface area contributed by atoms with E-state index in [0.717, 1.165) is 5.69 Å². The Hall–Kier alpha value is -1.98. The van der Waals surface area contributed by atoms with Gasteiger partial charge in [-0.2, -0.15) is 0 Å². The second-order valence-electron chi connectivity index (χ2n) is 2.64. The van der Waals surface area contributed by atoms with Gasteiger partial charge in [0.05, 0.1) is 12.2 Å². The second kappa shape index (κ2) is 4.31. The highest BCUT2D eigenvalue weighted by Crippen LogP contribution is 1.95. The molecule has 1 rings (SSSR count). The molecule has 1 aromatic heterocycles. The molecule has 0 aliphatic heterocycles. The number of carboxylic acids is 1. The van der Waals surface area contributed by atoms with Gasteiger partial charge in [0, 0.05) is 5.69 Å². The van der Waals surface area contributed by atoms with Crippen LogP contribution in [0.3, 0.4) is 0 Å². The van der Waals surface area contributed by atoms with Crippen LogP contribution >= 0.6 is 0 Å². The Labute approximate surface area is 80.0 Å². The Bertz CT molecular complexity index is 365. The van der Waals surface area contributed by atoms with E-state index >= 15 is 0 Å². The summed E-state index contributed by atoms with van der Waals surface area (Å²) in [6.07, 6.45) is 1.36. The lowest BCUT2D eigenvalue weighted by atomic mass is 10.3. The van der Waals surface area contributed by atoms with Gasteiger partial charge in [-0.05, 0) is 13.0 Å². The highest BCUT2D eigenvalue weighted by atomic mass is 16.4. The van der Waals surface area contributed by atoms with Crippen LogP contribution in [-0.2, 0) is 16.1 Å². The molecule has 0 spiro atoms. The molecule has 1 aromatic rings. The Morgan fingerprint density at radius 1 is 1.50 bits per heavy atom. The number of carbonyl (C=O) groups is 2. The maximum Gasteiger partial charge on any atom is 0.394 e. The highest BCUT2D eigenvalue weighted by molar-refractivity contribution is 6.31. The maximum atomic E-state index is 10.6. The van der Waals surface area contributed by atoms with Crippen molar-refractivity contribution in [3.05, 3.63) is 23.8 Å². The zero-order chi connectivity index (χ0) is 10.6. The number of carboxylic acid groups (broad SMARTS) is 1. The molecule has 0 aromatic carbocycles. The van der Waals surface area contributed by atoms with E-state index in [-0.39, 0.29) is 6.54 Å². The topological polar surface area (TPSA) is 92.2 Å². The lowest BCUT2D eigenvalue weighted by Gasteiger charge is -2.01. The van der Waals surface area contributed by atoms with E-state index in [0.29, 0.717) is 5.69 Å². The maximum absolute atomic E-state index is 10.6. The van der Waals surface area contributed by atoms with E-state index in [1.54, 1.807) is 13.0 Å². The van der Waals surface area contributed by atoms with Crippen LogP contribution in [0, 0.1) is 6.92 Å². The molecule has 0 radical (unpaired) electrons. The van der Waals surface area contributed by atoms with E-state index in [2.05, 4.69) is 15.3 Å². The minimum atomic E-state index is -1.50. The van der Waals surface area contributed by atoms with Crippen molar-refractivity contribution < 1.29 is 14.7 Å². The predicted molar refractivity (Wildman–Crippen MR) is 46.3 cm³/mol. The molecule has 0 aliphatic carbocycles. The largest absolute Gasteiger partial charge is 0.474 e. The van der Waals surface area contributed by atoms with Crippen molar-refractivity contribution in [1.82, 2.24) is 15.3 Å². The van der Waals surface area contributed by atoms with E-state index in [1.807, 2.05) is 0 Å². The third-order valence-electron chi connectivity index (χ3n) is 1.48. The molecule has 0 saturated heterocycles. The van der Waals surface area contributed by atoms with Crippen LogP contribution < -0.4 is 5.32 Å². The summed E-state index contributed by atoms with van der Waals surface area (Å²) in [7, 11) is 0. The summed E-state index contributed by atoms with van der Waals surface area (Å²) in [5, 5.41) is 10.5. The van der Waals surface area contributed by atoms with Crippen LogP contribution in [0.4, 0.5) is 0 Å². The number of nitrogens with one attached hydrogen (secondary N) is 1. The number of amides is 1. The highest BCUT2D eigenvalue weighted by Gasteiger charge is 2.09. The molecule has 2 N–H and O–H groups in total. The first kappa shape index (κ1) is 10.1. The molecule has 6 heteroatoms. The summed E-state index contributed by atoms with van der Waals surface area (Å²) in [6.45, 7) is 1.87. The first-order chi connectivity index (χ1) is 6.59. The molecule has 1 amide bonds. The van der Waals surface area contributed by atoms with E-state index in [4.69, 9.17) is 5.11 Å². The number of carbonyl (C=O) groups excluding carboxylic acids is 1. The fourth-order valence-corrected chi connectivity index (χ4v) is 0.853. The summed E-state index contributed by atoms with van der Waals surface area (Å²) in [5.74, 6) is -2.54. The van der Waals surface area contributed by atoms with Crippen molar-refractivity contribution in [2.24, 2.45) is 0 Å². The molecule has 0 aliphatic rings. The number of hydrogen-bond acceptors (Lipinski definition) is 4. The number of aromatic nitrogens is 2. The van der Waals surface area contributed by atoms with E-state index in [9.17, 15) is 9.59 Å². The van der Waals surface area contributed by atoms with Crippen molar-refractivity contribution in [2.45, 2.75) is 13.5 Å². The van der Waals surface area contributed by atoms with Crippen LogP contribution in [0.15, 0.2) is 12.4 Å². The average molecular weight is 195 g/mol. The Kier molecular flexibility index (Phi) is 3.11. The smallest absolute Gasteiger partial charge is 0.394 e. The molecule has 14 heavy (non-hydrogen) atoms. The quantitative estimate of drug-likeness (QED) is 0.620. The zero-order valence-electron chi connectivity index (χ0n) is 7.52.